The van der Waals surface area contributed by atoms with E-state index in [0.717, 1.165) is 22.3 Å². The molecule has 9 heteroatoms. The smallest absolute Gasteiger partial charge is 0.247 e. The van der Waals surface area contributed by atoms with E-state index in [1.807, 2.05) is 44.7 Å². The van der Waals surface area contributed by atoms with Gasteiger partial charge < -0.3 is 10.6 Å². The Balaban J connectivity index is 1.45. The Morgan fingerprint density at radius 2 is 1.71 bits per heavy atom. The maximum Gasteiger partial charge on any atom is 0.247 e. The van der Waals surface area contributed by atoms with Crippen LogP contribution < -0.4 is 10.6 Å². The average molecular weight is 455 g/mol. The van der Waals surface area contributed by atoms with Gasteiger partial charge in [-0.3, -0.25) is 14.2 Å². The number of carbonyl (C=O) groups is 1. The minimum absolute atomic E-state index is 0.136. The molecule has 0 aliphatic heterocycles. The van der Waals surface area contributed by atoms with Gasteiger partial charge in [0.15, 0.2) is 0 Å². The van der Waals surface area contributed by atoms with Crippen LogP contribution in [-0.2, 0) is 18.9 Å². The predicted octanol–water partition coefficient (Wildman–Crippen LogP) is 3.16. The van der Waals surface area contributed by atoms with Gasteiger partial charge in [-0.15, -0.1) is 0 Å². The summed E-state index contributed by atoms with van der Waals surface area (Å²) in [5, 5.41) is 23.7. The summed E-state index contributed by atoms with van der Waals surface area (Å²) in [7, 11) is 3.68. The van der Waals surface area contributed by atoms with Crippen LogP contribution in [0.4, 0.5) is 5.82 Å². The van der Waals surface area contributed by atoms with Gasteiger partial charge in [0.1, 0.15) is 11.9 Å². The summed E-state index contributed by atoms with van der Waals surface area (Å²) in [4.78, 5) is 17.6. The number of anilines is 1. The molecule has 9 nitrogen and oxygen atoms in total. The average Bonchev–Trinajstić information content (AvgIpc) is 3.48. The minimum atomic E-state index is -0.602. The van der Waals surface area contributed by atoms with E-state index in [-0.39, 0.29) is 11.8 Å². The first-order valence-electron chi connectivity index (χ1n) is 10.9. The second-order valence-electron chi connectivity index (χ2n) is 8.25. The van der Waals surface area contributed by atoms with Crippen LogP contribution in [0.1, 0.15) is 35.6 Å². The molecule has 0 fully saturated rings. The van der Waals surface area contributed by atoms with Gasteiger partial charge in [0.25, 0.3) is 0 Å². The van der Waals surface area contributed by atoms with Gasteiger partial charge in [-0.05, 0) is 35.7 Å². The van der Waals surface area contributed by atoms with Crippen LogP contribution in [-0.4, -0.2) is 37.0 Å². The highest BCUT2D eigenvalue weighted by atomic mass is 16.2. The molecular formula is C25H26N8O. The van der Waals surface area contributed by atoms with Crippen LogP contribution in [0.3, 0.4) is 0 Å². The van der Waals surface area contributed by atoms with E-state index < -0.39 is 6.04 Å². The molecule has 2 atom stereocenters. The van der Waals surface area contributed by atoms with Crippen molar-refractivity contribution in [1.29, 1.82) is 5.26 Å². The molecule has 0 radical (unpaired) electrons. The topological polar surface area (TPSA) is 113 Å². The second-order valence-corrected chi connectivity index (χ2v) is 8.25. The molecule has 1 aromatic carbocycles. The van der Waals surface area contributed by atoms with Gasteiger partial charge in [-0.25, -0.2) is 4.98 Å². The number of carbonyl (C=O) groups excluding carboxylic acids is 1. The summed E-state index contributed by atoms with van der Waals surface area (Å²) in [5.74, 6) is 0.381. The van der Waals surface area contributed by atoms with Gasteiger partial charge in [-0.2, -0.15) is 15.5 Å². The summed E-state index contributed by atoms with van der Waals surface area (Å²) in [6, 6.07) is 12.7. The molecule has 0 saturated heterocycles. The summed E-state index contributed by atoms with van der Waals surface area (Å²) in [6.07, 6.45) is 8.90. The van der Waals surface area contributed by atoms with E-state index in [0.29, 0.717) is 17.9 Å². The molecule has 3 aromatic heterocycles. The van der Waals surface area contributed by atoms with E-state index in [1.54, 1.807) is 46.2 Å². The van der Waals surface area contributed by atoms with E-state index in [4.69, 9.17) is 5.26 Å². The number of hydrogen-bond donors (Lipinski definition) is 2. The number of nitrogens with zero attached hydrogens (tertiary/aromatic N) is 6. The predicted molar refractivity (Wildman–Crippen MR) is 129 cm³/mol. The number of benzene rings is 1. The first-order chi connectivity index (χ1) is 16.4. The lowest BCUT2D eigenvalue weighted by Crippen LogP contribution is -2.35. The van der Waals surface area contributed by atoms with Crippen LogP contribution in [0.2, 0.25) is 0 Å². The van der Waals surface area contributed by atoms with Gasteiger partial charge in [0.05, 0.1) is 24.0 Å². The highest BCUT2D eigenvalue weighted by molar-refractivity contribution is 5.94. The van der Waals surface area contributed by atoms with Crippen molar-refractivity contribution in [3.63, 3.8) is 0 Å². The Kier molecular flexibility index (Phi) is 6.80. The van der Waals surface area contributed by atoms with E-state index in [2.05, 4.69) is 38.8 Å². The molecule has 0 unspecified atom stereocenters. The first kappa shape index (κ1) is 22.9. The Bertz CT molecular complexity index is 1300. The molecule has 2 N–H and O–H groups in total. The molecule has 4 rings (SSSR count). The molecule has 0 spiro atoms. The summed E-state index contributed by atoms with van der Waals surface area (Å²) in [5.41, 5.74) is 4.35. The number of rotatable bonds is 8. The molecular weight excluding hydrogens is 428 g/mol. The van der Waals surface area contributed by atoms with Crippen LogP contribution in [0, 0.1) is 11.3 Å². The lowest BCUT2D eigenvalue weighted by atomic mass is 9.99. The van der Waals surface area contributed by atoms with E-state index in [1.165, 1.54) is 0 Å². The summed E-state index contributed by atoms with van der Waals surface area (Å²) in [6.45, 7) is 2.64. The molecule has 4 aromatic rings. The van der Waals surface area contributed by atoms with E-state index in [9.17, 15) is 4.79 Å². The molecule has 0 aliphatic carbocycles. The maximum atomic E-state index is 13.2. The Hall–Kier alpha value is -4.29. The molecule has 0 bridgehead atoms. The lowest BCUT2D eigenvalue weighted by Gasteiger charge is -2.20. The minimum Gasteiger partial charge on any atom is -0.309 e. The third-order valence-electron chi connectivity index (χ3n) is 5.61. The molecule has 1 amide bonds. The second kappa shape index (κ2) is 10.1. The lowest BCUT2D eigenvalue weighted by molar-refractivity contribution is -0.118. The molecule has 172 valence electrons. The number of aryl methyl sites for hydroxylation is 2. The Labute approximate surface area is 198 Å². The largest absolute Gasteiger partial charge is 0.309 e. The zero-order valence-corrected chi connectivity index (χ0v) is 19.3. The highest BCUT2D eigenvalue weighted by Crippen LogP contribution is 2.21. The van der Waals surface area contributed by atoms with Crippen molar-refractivity contribution >= 4 is 11.7 Å². The van der Waals surface area contributed by atoms with Crippen molar-refractivity contribution < 1.29 is 4.79 Å². The number of nitrogens with one attached hydrogen (secondary N) is 2. The third kappa shape index (κ3) is 5.36. The van der Waals surface area contributed by atoms with Crippen LogP contribution in [0.5, 0.6) is 0 Å². The fourth-order valence-electron chi connectivity index (χ4n) is 3.66. The highest BCUT2D eigenvalue weighted by Gasteiger charge is 2.23. The van der Waals surface area contributed by atoms with Crippen LogP contribution in [0.15, 0.2) is 67.4 Å². The van der Waals surface area contributed by atoms with Crippen molar-refractivity contribution in [2.45, 2.75) is 18.9 Å². The quantitative estimate of drug-likeness (QED) is 0.423. The van der Waals surface area contributed by atoms with Crippen molar-refractivity contribution in [3.8, 4) is 17.2 Å². The first-order valence-corrected chi connectivity index (χ1v) is 10.9. The zero-order chi connectivity index (χ0) is 24.1. The molecule has 0 aliphatic rings. The number of nitriles is 1. The number of pyridine rings is 1. The van der Waals surface area contributed by atoms with Crippen molar-refractivity contribution in [2.75, 3.05) is 11.9 Å². The standard InChI is InChI=1S/C25H26N8O/c1-17(19-6-4-18(10-26)5-7-19)11-28-24(22-14-30-33(3)16-22)25(34)31-23-9-8-20(12-27-23)21-13-29-32(2)15-21/h4-9,12-17,24,28H,11H2,1-3H3,(H,27,31,34)/t17-,24+/m1/s1. The number of amides is 1. The van der Waals surface area contributed by atoms with Gasteiger partial charge >= 0.3 is 0 Å². The van der Waals surface area contributed by atoms with Crippen molar-refractivity contribution in [3.05, 3.63) is 84.1 Å². The van der Waals surface area contributed by atoms with Crippen molar-refractivity contribution in [1.82, 2.24) is 29.9 Å². The van der Waals surface area contributed by atoms with Gasteiger partial charge in [0, 0.05) is 55.9 Å². The fraction of sp³-hybridized carbons (Fsp3) is 0.240. The summed E-state index contributed by atoms with van der Waals surface area (Å²) >= 11 is 0. The maximum absolute atomic E-state index is 13.2. The zero-order valence-electron chi connectivity index (χ0n) is 19.3. The van der Waals surface area contributed by atoms with Gasteiger partial charge in [-0.1, -0.05) is 19.1 Å². The normalized spacial score (nSPS) is 12.6. The Morgan fingerprint density at radius 1 is 0.971 bits per heavy atom. The van der Waals surface area contributed by atoms with Gasteiger partial charge in [0.2, 0.25) is 5.91 Å². The van der Waals surface area contributed by atoms with Crippen molar-refractivity contribution in [2.24, 2.45) is 14.1 Å². The third-order valence-corrected chi connectivity index (χ3v) is 5.61. The molecule has 0 saturated carbocycles. The monoisotopic (exact) mass is 454 g/mol. The Morgan fingerprint density at radius 3 is 2.29 bits per heavy atom. The van der Waals surface area contributed by atoms with Crippen LogP contribution in [0.25, 0.3) is 11.1 Å². The number of aromatic nitrogens is 5. The SMILES string of the molecule is C[C@H](CN[C@H](C(=O)Nc1ccc(-c2cnn(C)c2)cn1)c1cnn(C)c1)c1ccc(C#N)cc1. The molecule has 3 heterocycles. The van der Waals surface area contributed by atoms with Crippen LogP contribution >= 0.6 is 0 Å². The van der Waals surface area contributed by atoms with E-state index >= 15 is 0 Å². The number of hydrogen-bond acceptors (Lipinski definition) is 6. The molecule has 34 heavy (non-hydrogen) atoms. The fourth-order valence-corrected chi connectivity index (χ4v) is 3.66. The summed E-state index contributed by atoms with van der Waals surface area (Å²) < 4.78 is 3.40.